The van der Waals surface area contributed by atoms with Gasteiger partial charge in [0, 0.05) is 12.4 Å². The molecule has 5 rings (SSSR count). The molecule has 0 saturated heterocycles. The third kappa shape index (κ3) is 3.48. The number of rotatable bonds is 5. The Morgan fingerprint density at radius 2 is 1.78 bits per heavy atom. The summed E-state index contributed by atoms with van der Waals surface area (Å²) >= 11 is 1.37. The highest BCUT2D eigenvalue weighted by Gasteiger charge is 2.17. The molecule has 5 aromatic rings. The van der Waals surface area contributed by atoms with Crippen molar-refractivity contribution >= 4 is 23.2 Å². The lowest BCUT2D eigenvalue weighted by Crippen LogP contribution is -2.19. The molecule has 0 aliphatic carbocycles. The normalized spacial score (nSPS) is 12.2. The Kier molecular flexibility index (Phi) is 5.08. The van der Waals surface area contributed by atoms with Crippen molar-refractivity contribution in [3.8, 4) is 17.1 Å². The van der Waals surface area contributed by atoms with Gasteiger partial charge in [-0.15, -0.1) is 11.3 Å². The van der Waals surface area contributed by atoms with Gasteiger partial charge in [-0.1, -0.05) is 18.2 Å². The number of thiazole rings is 1. The summed E-state index contributed by atoms with van der Waals surface area (Å²) in [7, 11) is 1.84. The molecule has 0 N–H and O–H groups in total. The molecule has 0 fully saturated rings. The lowest BCUT2D eigenvalue weighted by molar-refractivity contribution is 0.558. The second kappa shape index (κ2) is 8.20. The van der Waals surface area contributed by atoms with E-state index in [0.717, 1.165) is 17.1 Å². The van der Waals surface area contributed by atoms with E-state index >= 15 is 0 Å². The zero-order chi connectivity index (χ0) is 22.1. The fraction of sp³-hybridized carbons (Fsp3) is 0.0870. The van der Waals surface area contributed by atoms with E-state index in [0.29, 0.717) is 22.0 Å². The van der Waals surface area contributed by atoms with Gasteiger partial charge >= 0.3 is 0 Å². The summed E-state index contributed by atoms with van der Waals surface area (Å²) in [5, 5.41) is 6.44. The summed E-state index contributed by atoms with van der Waals surface area (Å²) in [6.45, 7) is 1.87. The number of furan rings is 2. The summed E-state index contributed by atoms with van der Waals surface area (Å²) in [6, 6.07) is 16.7. The van der Waals surface area contributed by atoms with Gasteiger partial charge in [-0.05, 0) is 43.3 Å². The summed E-state index contributed by atoms with van der Waals surface area (Å²) < 4.78 is 16.0. The number of benzene rings is 1. The van der Waals surface area contributed by atoms with Crippen LogP contribution in [0.1, 0.15) is 11.5 Å². The van der Waals surface area contributed by atoms with E-state index in [-0.39, 0.29) is 5.56 Å². The average Bonchev–Trinajstić information content (AvgIpc) is 3.60. The number of nitrogens with zero attached hydrogens (tertiary/aromatic N) is 5. The highest BCUT2D eigenvalue weighted by molar-refractivity contribution is 7.07. The molecular formula is C23H19N5O3S. The largest absolute Gasteiger partial charge is 0.463 e. The van der Waals surface area contributed by atoms with Crippen LogP contribution in [0.15, 0.2) is 96.2 Å². The van der Waals surface area contributed by atoms with E-state index in [9.17, 15) is 4.79 Å². The monoisotopic (exact) mass is 445 g/mol. The summed E-state index contributed by atoms with van der Waals surface area (Å²) in [5.41, 5.74) is 2.39. The molecule has 0 bridgehead atoms. The molecule has 1 aromatic carbocycles. The maximum absolute atomic E-state index is 13.3. The smallest absolute Gasteiger partial charge is 0.297 e. The minimum absolute atomic E-state index is 0.203. The zero-order valence-corrected chi connectivity index (χ0v) is 18.2. The molecule has 160 valence electrons. The Bertz CT molecular complexity index is 1500. The van der Waals surface area contributed by atoms with Gasteiger partial charge in [-0.3, -0.25) is 9.48 Å². The molecule has 0 aliphatic rings. The van der Waals surface area contributed by atoms with Crippen molar-refractivity contribution in [3.63, 3.8) is 0 Å². The number of para-hydroxylation sites is 1. The van der Waals surface area contributed by atoms with Crippen LogP contribution in [0.2, 0.25) is 0 Å². The highest BCUT2D eigenvalue weighted by Crippen LogP contribution is 2.22. The van der Waals surface area contributed by atoms with E-state index in [1.807, 2.05) is 61.8 Å². The minimum atomic E-state index is -0.203. The Morgan fingerprint density at radius 1 is 1.00 bits per heavy atom. The molecule has 4 heterocycles. The van der Waals surface area contributed by atoms with Gasteiger partial charge in [0.15, 0.2) is 11.4 Å². The van der Waals surface area contributed by atoms with Gasteiger partial charge in [0.2, 0.25) is 4.80 Å². The highest BCUT2D eigenvalue weighted by atomic mass is 32.1. The first-order valence-corrected chi connectivity index (χ1v) is 10.7. The maximum Gasteiger partial charge on any atom is 0.297 e. The maximum atomic E-state index is 13.3. The third-order valence-corrected chi connectivity index (χ3v) is 5.85. The van der Waals surface area contributed by atoms with Crippen LogP contribution in [-0.2, 0) is 7.05 Å². The minimum Gasteiger partial charge on any atom is -0.463 e. The first kappa shape index (κ1) is 19.8. The summed E-state index contributed by atoms with van der Waals surface area (Å²) in [5.74, 6) is 1.24. The van der Waals surface area contributed by atoms with Crippen LogP contribution in [0.25, 0.3) is 17.1 Å². The first-order valence-electron chi connectivity index (χ1n) is 9.84. The van der Waals surface area contributed by atoms with Gasteiger partial charge in [0.05, 0.1) is 30.1 Å². The number of aromatic nitrogens is 3. The van der Waals surface area contributed by atoms with Gasteiger partial charge in [0.25, 0.3) is 5.56 Å². The second-order valence-corrected chi connectivity index (χ2v) is 7.81. The SMILES string of the molecule is Cc1c(N=c2scc(-c3ccco3)n2N=Cc2ccco2)c(=O)n(-c2ccccc2)n1C. The quantitative estimate of drug-likeness (QED) is 0.378. The summed E-state index contributed by atoms with van der Waals surface area (Å²) in [6.07, 6.45) is 4.78. The standard InChI is InChI=1S/C23H19N5O3S/c1-16-21(22(29)28(26(16)2)17-8-4-3-5-9-17)25-23-27(24-14-18-10-6-12-30-18)19(15-32-23)20-11-7-13-31-20/h3-15H,1-2H3. The molecule has 4 aromatic heterocycles. The number of hydrogen-bond acceptors (Lipinski definition) is 6. The topological polar surface area (TPSA) is 82.9 Å². The third-order valence-electron chi connectivity index (χ3n) is 5.03. The molecule has 0 aliphatic heterocycles. The Hall–Kier alpha value is -4.11. The van der Waals surface area contributed by atoms with Crippen LogP contribution >= 0.6 is 11.3 Å². The molecule has 32 heavy (non-hydrogen) atoms. The molecule has 0 radical (unpaired) electrons. The van der Waals surface area contributed by atoms with Crippen molar-refractivity contribution in [1.29, 1.82) is 0 Å². The Labute approximate surface area is 186 Å². The van der Waals surface area contributed by atoms with Gasteiger partial charge in [-0.25, -0.2) is 14.4 Å². The molecule has 0 unspecified atom stereocenters. The summed E-state index contributed by atoms with van der Waals surface area (Å²) in [4.78, 5) is 18.5. The Morgan fingerprint density at radius 3 is 2.50 bits per heavy atom. The lowest BCUT2D eigenvalue weighted by atomic mass is 10.3. The Balaban J connectivity index is 1.69. The van der Waals surface area contributed by atoms with E-state index in [2.05, 4.69) is 5.10 Å². The zero-order valence-electron chi connectivity index (χ0n) is 17.4. The predicted molar refractivity (Wildman–Crippen MR) is 123 cm³/mol. The molecule has 8 nitrogen and oxygen atoms in total. The predicted octanol–water partition coefficient (Wildman–Crippen LogP) is 4.32. The van der Waals surface area contributed by atoms with E-state index < -0.39 is 0 Å². The van der Waals surface area contributed by atoms with Gasteiger partial charge < -0.3 is 8.83 Å². The first-order chi connectivity index (χ1) is 15.6. The lowest BCUT2D eigenvalue weighted by Gasteiger charge is -2.07. The van der Waals surface area contributed by atoms with Crippen LogP contribution in [0.4, 0.5) is 5.69 Å². The van der Waals surface area contributed by atoms with Crippen LogP contribution < -0.4 is 10.4 Å². The van der Waals surface area contributed by atoms with Crippen LogP contribution in [0.3, 0.4) is 0 Å². The van der Waals surface area contributed by atoms with Crippen molar-refractivity contribution in [2.45, 2.75) is 6.92 Å². The van der Waals surface area contributed by atoms with Gasteiger partial charge in [-0.2, -0.15) is 5.10 Å². The van der Waals surface area contributed by atoms with E-state index in [4.69, 9.17) is 13.8 Å². The van der Waals surface area contributed by atoms with E-state index in [1.165, 1.54) is 11.3 Å². The number of hydrogen-bond donors (Lipinski definition) is 0. The van der Waals surface area contributed by atoms with Crippen molar-refractivity contribution in [2.24, 2.45) is 17.1 Å². The molecular weight excluding hydrogens is 426 g/mol. The average molecular weight is 446 g/mol. The van der Waals surface area contributed by atoms with Crippen molar-refractivity contribution in [3.05, 3.63) is 99.1 Å². The molecule has 0 atom stereocenters. The van der Waals surface area contributed by atoms with Crippen LogP contribution in [0.5, 0.6) is 0 Å². The van der Waals surface area contributed by atoms with Gasteiger partial charge in [0.1, 0.15) is 11.5 Å². The fourth-order valence-electron chi connectivity index (χ4n) is 3.34. The molecule has 0 saturated carbocycles. The van der Waals surface area contributed by atoms with Crippen LogP contribution in [-0.4, -0.2) is 20.3 Å². The van der Waals surface area contributed by atoms with Crippen molar-refractivity contribution in [2.75, 3.05) is 0 Å². The fourth-order valence-corrected chi connectivity index (χ4v) is 4.16. The molecule has 0 amide bonds. The second-order valence-electron chi connectivity index (χ2n) is 6.97. The van der Waals surface area contributed by atoms with Crippen molar-refractivity contribution in [1.82, 2.24) is 14.0 Å². The molecule has 0 spiro atoms. The van der Waals surface area contributed by atoms with E-state index in [1.54, 1.807) is 44.9 Å². The molecule has 9 heteroatoms. The van der Waals surface area contributed by atoms with Crippen molar-refractivity contribution < 1.29 is 8.83 Å². The van der Waals surface area contributed by atoms with Crippen LogP contribution in [0, 0.1) is 6.92 Å².